The molecular weight excluding hydrogens is 394 g/mol. The Kier molecular flexibility index (Phi) is 6.37. The van der Waals surface area contributed by atoms with Gasteiger partial charge in [-0.1, -0.05) is 42.5 Å². The molecule has 3 aromatic carbocycles. The molecule has 1 N–H and O–H groups in total. The Morgan fingerprint density at radius 1 is 0.967 bits per heavy atom. The minimum Gasteiger partial charge on any atom is -0.497 e. The van der Waals surface area contributed by atoms with Crippen molar-refractivity contribution in [2.24, 2.45) is 5.10 Å². The minimum atomic E-state index is 0.535. The molecule has 150 valence electrons. The lowest BCUT2D eigenvalue weighted by Gasteiger charge is -2.06. The Bertz CT molecular complexity index is 1110. The number of nitrogens with one attached hydrogen (secondary N) is 1. The number of aromatic nitrogens is 1. The van der Waals surface area contributed by atoms with Crippen LogP contribution in [-0.4, -0.2) is 18.3 Å². The molecule has 0 amide bonds. The maximum absolute atomic E-state index is 5.86. The number of thiazole rings is 1. The van der Waals surface area contributed by atoms with Crippen molar-refractivity contribution in [1.82, 2.24) is 4.98 Å². The van der Waals surface area contributed by atoms with Gasteiger partial charge >= 0.3 is 0 Å². The standard InChI is InChI=1S/C24H21N3O2S/c1-28-21-12-10-20(11-13-21)23-17-30-24(26-23)27-25-15-19-8-5-9-22(14-19)29-16-18-6-3-2-4-7-18/h2-15,17H,16H2,1H3,(H,26,27)/b25-15-. The predicted octanol–water partition coefficient (Wildman–Crippen LogP) is 5.84. The highest BCUT2D eigenvalue weighted by atomic mass is 32.1. The van der Waals surface area contributed by atoms with Gasteiger partial charge in [0, 0.05) is 10.9 Å². The van der Waals surface area contributed by atoms with Crippen LogP contribution in [-0.2, 0) is 6.61 Å². The summed E-state index contributed by atoms with van der Waals surface area (Å²) in [6, 6.07) is 25.7. The van der Waals surface area contributed by atoms with E-state index in [2.05, 4.69) is 15.5 Å². The van der Waals surface area contributed by atoms with Gasteiger partial charge in [-0.3, -0.25) is 5.43 Å². The molecule has 4 rings (SSSR count). The average Bonchev–Trinajstić information content (AvgIpc) is 3.28. The number of methoxy groups -OCH3 is 1. The summed E-state index contributed by atoms with van der Waals surface area (Å²) in [5.74, 6) is 1.63. The summed E-state index contributed by atoms with van der Waals surface area (Å²) in [4.78, 5) is 4.58. The Morgan fingerprint density at radius 2 is 1.80 bits per heavy atom. The van der Waals surface area contributed by atoms with Crippen molar-refractivity contribution < 1.29 is 9.47 Å². The number of anilines is 1. The highest BCUT2D eigenvalue weighted by Gasteiger charge is 2.04. The second kappa shape index (κ2) is 9.71. The molecule has 1 heterocycles. The minimum absolute atomic E-state index is 0.535. The van der Waals surface area contributed by atoms with Crippen molar-refractivity contribution in [1.29, 1.82) is 0 Å². The first kappa shape index (κ1) is 19.7. The molecule has 5 nitrogen and oxygen atoms in total. The van der Waals surface area contributed by atoms with E-state index in [1.807, 2.05) is 84.2 Å². The van der Waals surface area contributed by atoms with E-state index in [9.17, 15) is 0 Å². The molecule has 0 atom stereocenters. The van der Waals surface area contributed by atoms with Gasteiger partial charge in [0.05, 0.1) is 19.0 Å². The summed E-state index contributed by atoms with van der Waals surface area (Å²) in [5.41, 5.74) is 7.01. The van der Waals surface area contributed by atoms with Crippen LogP contribution < -0.4 is 14.9 Å². The van der Waals surface area contributed by atoms with Gasteiger partial charge in [0.15, 0.2) is 0 Å². The Balaban J connectivity index is 1.35. The van der Waals surface area contributed by atoms with Gasteiger partial charge in [-0.05, 0) is 47.5 Å². The third-order valence-electron chi connectivity index (χ3n) is 4.37. The zero-order valence-electron chi connectivity index (χ0n) is 16.5. The quantitative estimate of drug-likeness (QED) is 0.290. The van der Waals surface area contributed by atoms with Crippen LogP contribution in [0.15, 0.2) is 89.3 Å². The van der Waals surface area contributed by atoms with Crippen molar-refractivity contribution in [2.75, 3.05) is 12.5 Å². The molecule has 0 fully saturated rings. The molecule has 0 aliphatic heterocycles. The van der Waals surface area contributed by atoms with E-state index in [0.717, 1.165) is 39.0 Å². The number of rotatable bonds is 8. The van der Waals surface area contributed by atoms with Gasteiger partial charge in [0.25, 0.3) is 0 Å². The van der Waals surface area contributed by atoms with Crippen LogP contribution in [0.5, 0.6) is 11.5 Å². The number of hydrogen-bond donors (Lipinski definition) is 1. The van der Waals surface area contributed by atoms with E-state index < -0.39 is 0 Å². The first-order chi connectivity index (χ1) is 14.8. The first-order valence-corrected chi connectivity index (χ1v) is 10.3. The molecule has 6 heteroatoms. The molecule has 0 saturated carbocycles. The molecule has 0 saturated heterocycles. The molecule has 0 radical (unpaired) electrons. The fourth-order valence-electron chi connectivity index (χ4n) is 2.81. The molecule has 30 heavy (non-hydrogen) atoms. The molecule has 0 bridgehead atoms. The fraction of sp³-hybridized carbons (Fsp3) is 0.0833. The maximum Gasteiger partial charge on any atom is 0.203 e. The third kappa shape index (κ3) is 5.24. The SMILES string of the molecule is COc1ccc(-c2csc(N/N=C\c3cccc(OCc4ccccc4)c3)n2)cc1. The summed E-state index contributed by atoms with van der Waals surface area (Å²) in [6.07, 6.45) is 1.75. The number of hydrazone groups is 1. The predicted molar refractivity (Wildman–Crippen MR) is 123 cm³/mol. The molecule has 0 unspecified atom stereocenters. The van der Waals surface area contributed by atoms with E-state index >= 15 is 0 Å². The smallest absolute Gasteiger partial charge is 0.203 e. The summed E-state index contributed by atoms with van der Waals surface area (Å²) in [6.45, 7) is 0.535. The Hall–Kier alpha value is -3.64. The molecular formula is C24H21N3O2S. The number of nitrogens with zero attached hydrogens (tertiary/aromatic N) is 2. The molecule has 0 aliphatic carbocycles. The summed E-state index contributed by atoms with van der Waals surface area (Å²) < 4.78 is 11.1. The van der Waals surface area contributed by atoms with Gasteiger partial charge in [0.1, 0.15) is 18.1 Å². The zero-order valence-corrected chi connectivity index (χ0v) is 17.3. The molecule has 0 spiro atoms. The second-order valence-corrected chi connectivity index (χ2v) is 7.34. The van der Waals surface area contributed by atoms with Gasteiger partial charge in [0.2, 0.25) is 5.13 Å². The molecule has 4 aromatic rings. The van der Waals surface area contributed by atoms with Crippen molar-refractivity contribution in [3.05, 3.63) is 95.4 Å². The van der Waals surface area contributed by atoms with Crippen molar-refractivity contribution in [3.8, 4) is 22.8 Å². The highest BCUT2D eigenvalue weighted by Crippen LogP contribution is 2.26. The van der Waals surface area contributed by atoms with Gasteiger partial charge in [-0.25, -0.2) is 4.98 Å². The maximum atomic E-state index is 5.86. The van der Waals surface area contributed by atoms with Gasteiger partial charge in [-0.15, -0.1) is 11.3 Å². The van der Waals surface area contributed by atoms with Crippen molar-refractivity contribution in [3.63, 3.8) is 0 Å². The van der Waals surface area contributed by atoms with Gasteiger partial charge < -0.3 is 9.47 Å². The number of benzene rings is 3. The summed E-state index contributed by atoms with van der Waals surface area (Å²) >= 11 is 1.51. The zero-order chi connectivity index (χ0) is 20.6. The largest absolute Gasteiger partial charge is 0.497 e. The Morgan fingerprint density at radius 3 is 2.60 bits per heavy atom. The summed E-state index contributed by atoms with van der Waals surface area (Å²) in [5, 5.41) is 7.03. The van der Waals surface area contributed by atoms with Crippen molar-refractivity contribution >= 4 is 22.7 Å². The van der Waals surface area contributed by atoms with E-state index in [1.165, 1.54) is 11.3 Å². The normalized spacial score (nSPS) is 10.8. The first-order valence-electron chi connectivity index (χ1n) is 9.46. The van der Waals surface area contributed by atoms with E-state index in [-0.39, 0.29) is 0 Å². The Labute approximate surface area is 179 Å². The lowest BCUT2D eigenvalue weighted by Crippen LogP contribution is -1.96. The van der Waals surface area contributed by atoms with E-state index in [1.54, 1.807) is 13.3 Å². The van der Waals surface area contributed by atoms with Crippen LogP contribution in [0.2, 0.25) is 0 Å². The number of hydrogen-bond acceptors (Lipinski definition) is 6. The van der Waals surface area contributed by atoms with Crippen LogP contribution in [0.1, 0.15) is 11.1 Å². The van der Waals surface area contributed by atoms with Crippen LogP contribution in [0.3, 0.4) is 0 Å². The van der Waals surface area contributed by atoms with Crippen LogP contribution >= 0.6 is 11.3 Å². The van der Waals surface area contributed by atoms with E-state index in [4.69, 9.17) is 9.47 Å². The second-order valence-electron chi connectivity index (χ2n) is 6.48. The van der Waals surface area contributed by atoms with Crippen LogP contribution in [0.4, 0.5) is 5.13 Å². The van der Waals surface area contributed by atoms with Crippen LogP contribution in [0.25, 0.3) is 11.3 Å². The summed E-state index contributed by atoms with van der Waals surface area (Å²) in [7, 11) is 1.66. The lowest BCUT2D eigenvalue weighted by atomic mass is 10.2. The third-order valence-corrected chi connectivity index (χ3v) is 5.12. The molecule has 1 aromatic heterocycles. The van der Waals surface area contributed by atoms with Crippen molar-refractivity contribution in [2.45, 2.75) is 6.61 Å². The monoisotopic (exact) mass is 415 g/mol. The van der Waals surface area contributed by atoms with Gasteiger partial charge in [-0.2, -0.15) is 5.10 Å². The molecule has 0 aliphatic rings. The number of ether oxygens (including phenoxy) is 2. The fourth-order valence-corrected chi connectivity index (χ4v) is 3.48. The highest BCUT2D eigenvalue weighted by molar-refractivity contribution is 7.14. The topological polar surface area (TPSA) is 55.7 Å². The average molecular weight is 416 g/mol. The lowest BCUT2D eigenvalue weighted by molar-refractivity contribution is 0.306. The van der Waals surface area contributed by atoms with Crippen LogP contribution in [0, 0.1) is 0 Å². The van der Waals surface area contributed by atoms with E-state index in [0.29, 0.717) is 6.61 Å².